The number of hydrogen-bond acceptors (Lipinski definition) is 2. The first-order chi connectivity index (χ1) is 7.57. The molecule has 0 aliphatic carbocycles. The molecule has 0 aliphatic rings. The summed E-state index contributed by atoms with van der Waals surface area (Å²) in [5, 5.41) is 0. The molecule has 0 fully saturated rings. The fraction of sp³-hybridized carbons (Fsp3) is 0.231. The number of rotatable bonds is 2. The zero-order valence-electron chi connectivity index (χ0n) is 9.94. The molecule has 1 aromatic heterocycles. The Morgan fingerprint density at radius 3 is 2.25 bits per heavy atom. The summed E-state index contributed by atoms with van der Waals surface area (Å²) < 4.78 is 1.23. The Morgan fingerprint density at radius 1 is 0.938 bits per heavy atom. The van der Waals surface area contributed by atoms with E-state index in [0.29, 0.717) is 0 Å². The van der Waals surface area contributed by atoms with E-state index in [1.54, 1.807) is 0 Å². The molecule has 0 atom stereocenters. The van der Waals surface area contributed by atoms with Gasteiger partial charge in [-0.05, 0) is 0 Å². The van der Waals surface area contributed by atoms with Crippen LogP contribution < -0.4 is 3.71 Å². The molecule has 0 saturated heterocycles. The topological polar surface area (TPSA) is 25.8 Å². The number of nitrogens with zero attached hydrogens (tertiary/aromatic N) is 2. The van der Waals surface area contributed by atoms with E-state index in [-0.39, 0.29) is 0 Å². The molecule has 0 unspecified atom stereocenters. The van der Waals surface area contributed by atoms with Crippen molar-refractivity contribution in [1.29, 1.82) is 0 Å². The zero-order valence-corrected chi connectivity index (χ0v) is 12.8. The van der Waals surface area contributed by atoms with Crippen LogP contribution in [0, 0.1) is 0 Å². The first-order valence-electron chi connectivity index (χ1n) is 5.45. The Kier molecular flexibility index (Phi) is 3.28. The van der Waals surface area contributed by atoms with Gasteiger partial charge >= 0.3 is 101 Å². The molecule has 0 saturated carbocycles. The van der Waals surface area contributed by atoms with Crippen molar-refractivity contribution < 1.29 is 0 Å². The van der Waals surface area contributed by atoms with E-state index in [1.165, 1.54) is 3.71 Å². The summed E-state index contributed by atoms with van der Waals surface area (Å²) in [6, 6.07) is 10.2. The fourth-order valence-corrected chi connectivity index (χ4v) is 4.09. The van der Waals surface area contributed by atoms with E-state index in [0.717, 1.165) is 11.3 Å². The van der Waals surface area contributed by atoms with Gasteiger partial charge in [-0.1, -0.05) is 0 Å². The average Bonchev–Trinajstić information content (AvgIpc) is 2.29. The number of aromatic nitrogens is 2. The molecule has 2 aromatic rings. The first-order valence-corrected chi connectivity index (χ1v) is 15.4. The van der Waals surface area contributed by atoms with Gasteiger partial charge in [-0.25, -0.2) is 0 Å². The van der Waals surface area contributed by atoms with Crippen LogP contribution in [-0.2, 0) is 0 Å². The molecule has 1 aromatic carbocycles. The van der Waals surface area contributed by atoms with Crippen molar-refractivity contribution in [3.63, 3.8) is 0 Å². The molecule has 1 heterocycles. The van der Waals surface area contributed by atoms with Crippen LogP contribution >= 0.6 is 0 Å². The maximum absolute atomic E-state index is 4.75. The molecule has 0 radical (unpaired) electrons. The molecule has 0 amide bonds. The molecular weight excluding hydrogens is 303 g/mol. The monoisotopic (exact) mass is 320 g/mol. The van der Waals surface area contributed by atoms with Gasteiger partial charge in [-0.15, -0.1) is 0 Å². The van der Waals surface area contributed by atoms with E-state index in [2.05, 4.69) is 31.9 Å². The minimum atomic E-state index is -2.09. The van der Waals surface area contributed by atoms with Crippen molar-refractivity contribution in [2.45, 2.75) is 14.8 Å². The van der Waals surface area contributed by atoms with Gasteiger partial charge in [0.05, 0.1) is 0 Å². The molecule has 0 aliphatic heterocycles. The summed E-state index contributed by atoms with van der Waals surface area (Å²) in [6.45, 7) is 0. The molecule has 82 valence electrons. The van der Waals surface area contributed by atoms with Crippen LogP contribution in [0.2, 0.25) is 14.8 Å². The van der Waals surface area contributed by atoms with Crippen molar-refractivity contribution in [2.75, 3.05) is 0 Å². The van der Waals surface area contributed by atoms with Crippen molar-refractivity contribution in [3.8, 4) is 11.3 Å². The second-order valence-corrected chi connectivity index (χ2v) is 19.2. The van der Waals surface area contributed by atoms with Gasteiger partial charge in [-0.2, -0.15) is 0 Å². The molecule has 3 heteroatoms. The van der Waals surface area contributed by atoms with Crippen LogP contribution in [0.1, 0.15) is 0 Å². The molecule has 2 nitrogen and oxygen atoms in total. The third kappa shape index (κ3) is 2.61. The van der Waals surface area contributed by atoms with Gasteiger partial charge in [0.15, 0.2) is 0 Å². The summed E-state index contributed by atoms with van der Waals surface area (Å²) in [4.78, 5) is 16.1. The number of benzene rings is 1. The normalized spacial score (nSPS) is 11.4. The third-order valence-electron chi connectivity index (χ3n) is 2.47. The van der Waals surface area contributed by atoms with E-state index in [9.17, 15) is 0 Å². The summed E-state index contributed by atoms with van der Waals surface area (Å²) in [5.41, 5.74) is 2.14. The summed E-state index contributed by atoms with van der Waals surface area (Å²) >= 11 is -2.09. The minimum absolute atomic E-state index is 0.990. The van der Waals surface area contributed by atoms with Crippen LogP contribution in [0.5, 0.6) is 0 Å². The predicted molar refractivity (Wildman–Crippen MR) is 70.4 cm³/mol. The fourth-order valence-electron chi connectivity index (χ4n) is 1.48. The molecular formula is C13H16N2Sn. The van der Waals surface area contributed by atoms with Gasteiger partial charge in [0.25, 0.3) is 0 Å². The SMILES string of the molecule is [CH3][Sn]([CH3])([CH3])[c]1cncc(-c2ccccc2)n1. The predicted octanol–water partition coefficient (Wildman–Crippen LogP) is 2.69. The second-order valence-electron chi connectivity index (χ2n) is 4.91. The van der Waals surface area contributed by atoms with Crippen molar-refractivity contribution in [3.05, 3.63) is 42.7 Å². The average molecular weight is 319 g/mol. The maximum atomic E-state index is 4.75. The summed E-state index contributed by atoms with van der Waals surface area (Å²) in [7, 11) is 0. The second kappa shape index (κ2) is 4.53. The van der Waals surface area contributed by atoms with Crippen LogP contribution in [0.15, 0.2) is 42.7 Å². The standard InChI is InChI=1S/C10H7N2.3CH3.Sn/c1-2-4-9(5-3-1)10-8-11-6-7-12-10;;;;/h1-6,8H;3*1H3;. The Hall–Kier alpha value is -0.901. The van der Waals surface area contributed by atoms with Gasteiger partial charge in [-0.3, -0.25) is 0 Å². The van der Waals surface area contributed by atoms with E-state index in [4.69, 9.17) is 4.98 Å². The third-order valence-corrected chi connectivity index (χ3v) is 7.55. The molecule has 16 heavy (non-hydrogen) atoms. The van der Waals surface area contributed by atoms with Gasteiger partial charge in [0, 0.05) is 0 Å². The Balaban J connectivity index is 2.45. The van der Waals surface area contributed by atoms with E-state index >= 15 is 0 Å². The molecule has 0 spiro atoms. The molecule has 0 N–H and O–H groups in total. The molecule has 2 rings (SSSR count). The van der Waals surface area contributed by atoms with Crippen LogP contribution in [0.25, 0.3) is 11.3 Å². The Morgan fingerprint density at radius 2 is 1.62 bits per heavy atom. The van der Waals surface area contributed by atoms with Gasteiger partial charge in [0.1, 0.15) is 0 Å². The van der Waals surface area contributed by atoms with Crippen molar-refractivity contribution >= 4 is 22.1 Å². The Labute approximate surface area is 101 Å². The van der Waals surface area contributed by atoms with Gasteiger partial charge < -0.3 is 0 Å². The summed E-state index contributed by atoms with van der Waals surface area (Å²) in [6.07, 6.45) is 3.78. The van der Waals surface area contributed by atoms with Crippen LogP contribution in [0.3, 0.4) is 0 Å². The molecule has 0 bridgehead atoms. The number of hydrogen-bond donors (Lipinski definition) is 0. The zero-order chi connectivity index (χ0) is 11.6. The van der Waals surface area contributed by atoms with Crippen LogP contribution in [-0.4, -0.2) is 28.3 Å². The quantitative estimate of drug-likeness (QED) is 0.796. The first kappa shape index (κ1) is 11.6. The van der Waals surface area contributed by atoms with Crippen molar-refractivity contribution in [1.82, 2.24) is 9.97 Å². The van der Waals surface area contributed by atoms with Crippen LogP contribution in [0.4, 0.5) is 0 Å². The Bertz CT molecular complexity index is 475. The van der Waals surface area contributed by atoms with Gasteiger partial charge in [0.2, 0.25) is 0 Å². The van der Waals surface area contributed by atoms with Crippen molar-refractivity contribution in [2.24, 2.45) is 0 Å². The summed E-state index contributed by atoms with van der Waals surface area (Å²) in [5.74, 6) is 0. The van der Waals surface area contributed by atoms with E-state index < -0.39 is 18.4 Å². The van der Waals surface area contributed by atoms with E-state index in [1.807, 2.05) is 30.6 Å².